The summed E-state index contributed by atoms with van der Waals surface area (Å²) in [7, 11) is 0. The molecule has 0 spiro atoms. The smallest absolute Gasteiger partial charge is 0.0576 e. The zero-order valence-corrected chi connectivity index (χ0v) is 26.5. The summed E-state index contributed by atoms with van der Waals surface area (Å²) in [5.74, 6) is 0. The van der Waals surface area contributed by atoms with Crippen LogP contribution < -0.4 is 4.90 Å². The Bertz CT molecular complexity index is 2470. The molecule has 220 valence electrons. The molecular weight excluding hydrogens is 580 g/mol. The second kappa shape index (κ2) is 10.1. The van der Waals surface area contributed by atoms with E-state index < -0.39 is 0 Å². The van der Waals surface area contributed by atoms with E-state index in [4.69, 9.17) is 11.6 Å². The first kappa shape index (κ1) is 27.0. The van der Waals surface area contributed by atoms with Crippen LogP contribution in [0.2, 0.25) is 5.02 Å². The minimum Gasteiger partial charge on any atom is -0.310 e. The van der Waals surface area contributed by atoms with Gasteiger partial charge in [-0.2, -0.15) is 0 Å². The van der Waals surface area contributed by atoms with E-state index in [0.29, 0.717) is 0 Å². The van der Waals surface area contributed by atoms with Gasteiger partial charge < -0.3 is 9.47 Å². The third-order valence-corrected chi connectivity index (χ3v) is 10.1. The first-order valence-electron chi connectivity index (χ1n) is 15.8. The molecule has 2 nitrogen and oxygen atoms in total. The fraction of sp³-hybridized carbons (Fsp3) is 0.0698. The summed E-state index contributed by atoms with van der Waals surface area (Å²) in [5.41, 5.74) is 11.8. The molecule has 0 radical (unpaired) electrons. The maximum Gasteiger partial charge on any atom is 0.0576 e. The van der Waals surface area contributed by atoms with E-state index in [0.717, 1.165) is 49.6 Å². The molecule has 1 aromatic heterocycles. The molecular formula is C43H31ClN2. The standard InChI is InChI=1S/C43H31ClN2/c1-43(2)37-18-10-8-16-34(37)35-23-22-32(25-38(35)43)45(30-14-4-3-5-15-30)33-26-39(44)42-36-17-9-11-19-40(36)46(41(42)27-33)31-21-20-28-12-6-7-13-29(28)24-31/h3-27H,1-2H3. The lowest BCUT2D eigenvalue weighted by atomic mass is 9.82. The number of halogens is 1. The summed E-state index contributed by atoms with van der Waals surface area (Å²) in [5, 5.41) is 5.37. The van der Waals surface area contributed by atoms with E-state index in [-0.39, 0.29) is 5.41 Å². The Morgan fingerprint density at radius 3 is 2.11 bits per heavy atom. The molecule has 0 unspecified atom stereocenters. The van der Waals surface area contributed by atoms with E-state index in [2.05, 4.69) is 175 Å². The van der Waals surface area contributed by atoms with Crippen LogP contribution in [0.4, 0.5) is 17.1 Å². The molecule has 1 aliphatic rings. The number of benzene rings is 7. The minimum absolute atomic E-state index is 0.103. The summed E-state index contributed by atoms with van der Waals surface area (Å²) in [4.78, 5) is 2.34. The van der Waals surface area contributed by atoms with Crippen molar-refractivity contribution in [3.8, 4) is 16.8 Å². The highest BCUT2D eigenvalue weighted by Gasteiger charge is 2.35. The van der Waals surface area contributed by atoms with Crippen molar-refractivity contribution in [2.45, 2.75) is 19.3 Å². The lowest BCUT2D eigenvalue weighted by Gasteiger charge is -2.28. The zero-order valence-electron chi connectivity index (χ0n) is 25.7. The van der Waals surface area contributed by atoms with Gasteiger partial charge in [0.05, 0.1) is 16.1 Å². The number of nitrogens with zero attached hydrogens (tertiary/aromatic N) is 2. The quantitative estimate of drug-likeness (QED) is 0.192. The summed E-state index contributed by atoms with van der Waals surface area (Å²) in [6.45, 7) is 4.67. The van der Waals surface area contributed by atoms with Crippen LogP contribution in [0, 0.1) is 0 Å². The summed E-state index contributed by atoms with van der Waals surface area (Å²) >= 11 is 7.32. The topological polar surface area (TPSA) is 8.17 Å². The zero-order chi connectivity index (χ0) is 31.0. The van der Waals surface area contributed by atoms with Crippen LogP contribution in [0.5, 0.6) is 0 Å². The van der Waals surface area contributed by atoms with Crippen LogP contribution in [0.25, 0.3) is 49.4 Å². The molecule has 0 aliphatic heterocycles. The first-order valence-corrected chi connectivity index (χ1v) is 16.2. The molecule has 1 aliphatic carbocycles. The monoisotopic (exact) mass is 610 g/mol. The number of fused-ring (bicyclic) bond motifs is 7. The molecule has 9 rings (SSSR count). The van der Waals surface area contributed by atoms with Gasteiger partial charge in [0.1, 0.15) is 0 Å². The van der Waals surface area contributed by atoms with Crippen molar-refractivity contribution in [2.75, 3.05) is 4.90 Å². The van der Waals surface area contributed by atoms with Gasteiger partial charge in [-0.3, -0.25) is 0 Å². The lowest BCUT2D eigenvalue weighted by Crippen LogP contribution is -2.16. The largest absolute Gasteiger partial charge is 0.310 e. The SMILES string of the molecule is CC1(C)c2ccccc2-c2ccc(N(c3ccccc3)c3cc(Cl)c4c5ccccc5n(-c5ccc6ccccc6c5)c4c3)cc21. The Labute approximate surface area is 273 Å². The van der Waals surface area contributed by atoms with Gasteiger partial charge in [-0.1, -0.05) is 123 Å². The van der Waals surface area contributed by atoms with Gasteiger partial charge in [0, 0.05) is 38.9 Å². The average Bonchev–Trinajstić information content (AvgIpc) is 3.54. The molecule has 8 aromatic rings. The van der Waals surface area contributed by atoms with Gasteiger partial charge in [-0.05, 0) is 87.6 Å². The molecule has 46 heavy (non-hydrogen) atoms. The Morgan fingerprint density at radius 1 is 0.522 bits per heavy atom. The summed E-state index contributed by atoms with van der Waals surface area (Å²) in [6, 6.07) is 54.5. The molecule has 0 amide bonds. The Balaban J connectivity index is 1.30. The van der Waals surface area contributed by atoms with Crippen molar-refractivity contribution >= 4 is 61.2 Å². The van der Waals surface area contributed by atoms with E-state index in [1.54, 1.807) is 0 Å². The highest BCUT2D eigenvalue weighted by Crippen LogP contribution is 2.51. The second-order valence-electron chi connectivity index (χ2n) is 12.8. The molecule has 0 fully saturated rings. The number of para-hydroxylation sites is 2. The third-order valence-electron chi connectivity index (χ3n) is 9.80. The van der Waals surface area contributed by atoms with Gasteiger partial charge in [-0.15, -0.1) is 0 Å². The van der Waals surface area contributed by atoms with Gasteiger partial charge in [-0.25, -0.2) is 0 Å². The van der Waals surface area contributed by atoms with Crippen molar-refractivity contribution in [1.29, 1.82) is 0 Å². The van der Waals surface area contributed by atoms with Crippen LogP contribution in [0.1, 0.15) is 25.0 Å². The lowest BCUT2D eigenvalue weighted by molar-refractivity contribution is 0.660. The third kappa shape index (κ3) is 3.97. The number of anilines is 3. The Hall–Kier alpha value is -5.31. The molecule has 1 heterocycles. The van der Waals surface area contributed by atoms with Gasteiger partial charge in [0.2, 0.25) is 0 Å². The number of hydrogen-bond acceptors (Lipinski definition) is 1. The molecule has 0 bridgehead atoms. The normalized spacial score (nSPS) is 13.3. The molecule has 0 saturated carbocycles. The molecule has 0 atom stereocenters. The fourth-order valence-electron chi connectivity index (χ4n) is 7.61. The Kier molecular flexibility index (Phi) is 5.94. The fourth-order valence-corrected chi connectivity index (χ4v) is 7.92. The van der Waals surface area contributed by atoms with Gasteiger partial charge >= 0.3 is 0 Å². The van der Waals surface area contributed by atoms with Crippen LogP contribution in [0.15, 0.2) is 152 Å². The highest BCUT2D eigenvalue weighted by molar-refractivity contribution is 6.38. The van der Waals surface area contributed by atoms with E-state index in [9.17, 15) is 0 Å². The summed E-state index contributed by atoms with van der Waals surface area (Å²) in [6.07, 6.45) is 0. The van der Waals surface area contributed by atoms with Gasteiger partial charge in [0.15, 0.2) is 0 Å². The van der Waals surface area contributed by atoms with E-state index in [1.807, 2.05) is 0 Å². The number of hydrogen-bond donors (Lipinski definition) is 0. The number of rotatable bonds is 4. The Morgan fingerprint density at radius 2 is 1.24 bits per heavy atom. The molecule has 0 N–H and O–H groups in total. The maximum absolute atomic E-state index is 7.32. The average molecular weight is 611 g/mol. The van der Waals surface area contributed by atoms with Crippen molar-refractivity contribution in [3.05, 3.63) is 168 Å². The number of aromatic nitrogens is 1. The maximum atomic E-state index is 7.32. The van der Waals surface area contributed by atoms with Crippen molar-refractivity contribution in [3.63, 3.8) is 0 Å². The second-order valence-corrected chi connectivity index (χ2v) is 13.2. The minimum atomic E-state index is -0.103. The van der Waals surface area contributed by atoms with Crippen molar-refractivity contribution in [2.24, 2.45) is 0 Å². The highest BCUT2D eigenvalue weighted by atomic mass is 35.5. The first-order chi connectivity index (χ1) is 22.5. The van der Waals surface area contributed by atoms with Crippen LogP contribution >= 0.6 is 11.6 Å². The van der Waals surface area contributed by atoms with Crippen molar-refractivity contribution < 1.29 is 0 Å². The van der Waals surface area contributed by atoms with Crippen LogP contribution in [0.3, 0.4) is 0 Å². The predicted molar refractivity (Wildman–Crippen MR) is 196 cm³/mol. The predicted octanol–water partition coefficient (Wildman–Crippen LogP) is 12.4. The van der Waals surface area contributed by atoms with Gasteiger partial charge in [0.25, 0.3) is 0 Å². The molecule has 7 aromatic carbocycles. The van der Waals surface area contributed by atoms with Crippen LogP contribution in [-0.2, 0) is 5.41 Å². The van der Waals surface area contributed by atoms with E-state index >= 15 is 0 Å². The van der Waals surface area contributed by atoms with E-state index in [1.165, 1.54) is 33.0 Å². The summed E-state index contributed by atoms with van der Waals surface area (Å²) < 4.78 is 2.36. The van der Waals surface area contributed by atoms with Crippen molar-refractivity contribution in [1.82, 2.24) is 4.57 Å². The van der Waals surface area contributed by atoms with Crippen LogP contribution in [-0.4, -0.2) is 4.57 Å². The molecule has 3 heteroatoms. The molecule has 0 saturated heterocycles.